The molecule has 0 radical (unpaired) electrons. The lowest BCUT2D eigenvalue weighted by molar-refractivity contribution is 0.414. The smallest absolute Gasteiger partial charge is 0.212 e. The molecule has 29 heavy (non-hydrogen) atoms. The van der Waals surface area contributed by atoms with Crippen molar-refractivity contribution < 1.29 is 9.47 Å². The van der Waals surface area contributed by atoms with Crippen LogP contribution in [0.25, 0.3) is 12.2 Å². The van der Waals surface area contributed by atoms with E-state index in [0.29, 0.717) is 5.96 Å². The first-order valence-corrected chi connectivity index (χ1v) is 9.03. The fraction of sp³-hybridized carbons (Fsp3) is 0.182. The van der Waals surface area contributed by atoms with Crippen molar-refractivity contribution in [3.63, 3.8) is 0 Å². The quantitative estimate of drug-likeness (QED) is 0.489. The van der Waals surface area contributed by atoms with Gasteiger partial charge in [0.1, 0.15) is 11.5 Å². The highest BCUT2D eigenvalue weighted by molar-refractivity contribution is 8.93. The summed E-state index contributed by atoms with van der Waals surface area (Å²) >= 11 is 0. The fourth-order valence-electron chi connectivity index (χ4n) is 2.51. The van der Waals surface area contributed by atoms with Crippen molar-refractivity contribution in [1.82, 2.24) is 10.7 Å². The van der Waals surface area contributed by atoms with Gasteiger partial charge in [-0.25, -0.2) is 10.4 Å². The summed E-state index contributed by atoms with van der Waals surface area (Å²) in [5.41, 5.74) is 5.86. The van der Waals surface area contributed by atoms with E-state index >= 15 is 0 Å². The van der Waals surface area contributed by atoms with Crippen LogP contribution >= 0.6 is 17.0 Å². The number of hydrogen-bond acceptors (Lipinski definition) is 6. The molecular formula is C22H25BrN4O2. The van der Waals surface area contributed by atoms with Gasteiger partial charge in [-0.1, -0.05) is 36.4 Å². The van der Waals surface area contributed by atoms with Crippen molar-refractivity contribution in [1.29, 1.82) is 0 Å². The number of guanidine groups is 1. The summed E-state index contributed by atoms with van der Waals surface area (Å²) in [5.74, 6) is 2.35. The summed E-state index contributed by atoms with van der Waals surface area (Å²) in [6.07, 6.45) is 7.90. The van der Waals surface area contributed by atoms with Crippen LogP contribution in [0.4, 0.5) is 0 Å². The van der Waals surface area contributed by atoms with Crippen LogP contribution in [0.5, 0.6) is 11.5 Å². The first-order chi connectivity index (χ1) is 13.8. The third-order valence-electron chi connectivity index (χ3n) is 4.09. The Labute approximate surface area is 181 Å². The van der Waals surface area contributed by atoms with Crippen LogP contribution in [0.2, 0.25) is 0 Å². The van der Waals surface area contributed by atoms with Crippen LogP contribution in [0.3, 0.4) is 0 Å². The standard InChI is InChI=1S/C22H24N4O2.BrH/c1-27-20-11-5-17(6-12-20)3-9-19(25-26-22-23-15-16-24-22)10-4-18-7-13-21(28-2)14-8-18;/h3-14H,15-16H2,1-2H3,(H2,23,24,26);1H. The highest BCUT2D eigenvalue weighted by Crippen LogP contribution is 2.14. The van der Waals surface area contributed by atoms with E-state index in [1.165, 1.54) is 0 Å². The Morgan fingerprint density at radius 2 is 1.45 bits per heavy atom. The Kier molecular flexibility index (Phi) is 8.98. The Morgan fingerprint density at radius 3 is 1.86 bits per heavy atom. The first kappa shape index (κ1) is 22.2. The third kappa shape index (κ3) is 7.12. The number of hydrazone groups is 1. The predicted octanol–water partition coefficient (Wildman–Crippen LogP) is 3.91. The van der Waals surface area contributed by atoms with Gasteiger partial charge < -0.3 is 14.8 Å². The molecule has 0 saturated carbocycles. The van der Waals surface area contributed by atoms with Crippen molar-refractivity contribution in [2.24, 2.45) is 10.1 Å². The molecule has 3 rings (SSSR count). The lowest BCUT2D eigenvalue weighted by Gasteiger charge is -2.02. The molecule has 2 N–H and O–H groups in total. The lowest BCUT2D eigenvalue weighted by Crippen LogP contribution is -2.30. The zero-order chi connectivity index (χ0) is 19.6. The number of nitrogens with one attached hydrogen (secondary N) is 2. The number of allylic oxidation sites excluding steroid dienone is 2. The molecule has 0 bridgehead atoms. The lowest BCUT2D eigenvalue weighted by atomic mass is 10.1. The molecule has 0 fully saturated rings. The molecule has 1 aliphatic heterocycles. The molecule has 0 amide bonds. The number of methoxy groups -OCH3 is 2. The zero-order valence-corrected chi connectivity index (χ0v) is 18.2. The zero-order valence-electron chi connectivity index (χ0n) is 16.5. The van der Waals surface area contributed by atoms with Gasteiger partial charge in [0, 0.05) is 6.54 Å². The van der Waals surface area contributed by atoms with E-state index in [1.54, 1.807) is 14.2 Å². The number of halogens is 1. The normalized spacial score (nSPS) is 12.8. The van der Waals surface area contributed by atoms with E-state index in [-0.39, 0.29) is 17.0 Å². The largest absolute Gasteiger partial charge is 0.497 e. The van der Waals surface area contributed by atoms with Gasteiger partial charge in [-0.3, -0.25) is 0 Å². The number of benzene rings is 2. The first-order valence-electron chi connectivity index (χ1n) is 9.03. The summed E-state index contributed by atoms with van der Waals surface area (Å²) < 4.78 is 10.4. The molecule has 0 saturated heterocycles. The second-order valence-electron chi connectivity index (χ2n) is 6.02. The van der Waals surface area contributed by atoms with Crippen molar-refractivity contribution in [2.45, 2.75) is 0 Å². The van der Waals surface area contributed by atoms with Gasteiger partial charge >= 0.3 is 0 Å². The molecule has 1 heterocycles. The highest BCUT2D eigenvalue weighted by atomic mass is 79.9. The maximum absolute atomic E-state index is 5.20. The molecule has 0 aromatic heterocycles. The van der Waals surface area contributed by atoms with Gasteiger partial charge in [0.05, 0.1) is 26.5 Å². The summed E-state index contributed by atoms with van der Waals surface area (Å²) in [5, 5.41) is 7.59. The maximum atomic E-state index is 5.20. The van der Waals surface area contributed by atoms with E-state index < -0.39 is 0 Å². The second kappa shape index (κ2) is 11.7. The molecule has 2 aromatic rings. The van der Waals surface area contributed by atoms with Crippen LogP contribution < -0.4 is 20.2 Å². The molecule has 0 spiro atoms. The number of aliphatic imine (C=N–C) groups is 1. The number of rotatable bonds is 7. The molecule has 152 valence electrons. The average Bonchev–Trinajstić information content (AvgIpc) is 3.27. The Balaban J connectivity index is 0.00000300. The van der Waals surface area contributed by atoms with E-state index in [4.69, 9.17) is 9.47 Å². The number of nitrogens with zero attached hydrogens (tertiary/aromatic N) is 2. The van der Waals surface area contributed by atoms with E-state index in [2.05, 4.69) is 20.8 Å². The maximum Gasteiger partial charge on any atom is 0.212 e. The van der Waals surface area contributed by atoms with Gasteiger partial charge in [-0.05, 0) is 47.5 Å². The topological polar surface area (TPSA) is 67.2 Å². The van der Waals surface area contributed by atoms with Crippen molar-refractivity contribution >= 4 is 40.8 Å². The molecule has 0 aliphatic carbocycles. The summed E-state index contributed by atoms with van der Waals surface area (Å²) in [4.78, 5) is 4.29. The molecule has 7 heteroatoms. The van der Waals surface area contributed by atoms with Gasteiger partial charge in [0.15, 0.2) is 0 Å². The fourth-order valence-corrected chi connectivity index (χ4v) is 2.51. The summed E-state index contributed by atoms with van der Waals surface area (Å²) in [6.45, 7) is 1.59. The minimum absolute atomic E-state index is 0. The van der Waals surface area contributed by atoms with Crippen molar-refractivity contribution in [2.75, 3.05) is 27.3 Å². The van der Waals surface area contributed by atoms with Crippen LogP contribution in [-0.4, -0.2) is 39.0 Å². The summed E-state index contributed by atoms with van der Waals surface area (Å²) in [6, 6.07) is 15.7. The predicted molar refractivity (Wildman–Crippen MR) is 125 cm³/mol. The van der Waals surface area contributed by atoms with Crippen LogP contribution in [0.1, 0.15) is 11.1 Å². The summed E-state index contributed by atoms with van der Waals surface area (Å²) in [7, 11) is 3.32. The molecule has 1 aliphatic rings. The van der Waals surface area contributed by atoms with Gasteiger partial charge in [-0.2, -0.15) is 5.10 Å². The Hall–Kier alpha value is -3.06. The molecule has 0 atom stereocenters. The van der Waals surface area contributed by atoms with Gasteiger partial charge in [-0.15, -0.1) is 17.0 Å². The SMILES string of the molecule is Br.COc1ccc(C=CC(C=Cc2ccc(OC)cc2)=NNC2=NCCN2)cc1. The minimum atomic E-state index is 0. The van der Waals surface area contributed by atoms with Gasteiger partial charge in [0.2, 0.25) is 5.96 Å². The minimum Gasteiger partial charge on any atom is -0.497 e. The van der Waals surface area contributed by atoms with Crippen LogP contribution in [-0.2, 0) is 0 Å². The van der Waals surface area contributed by atoms with E-state index in [0.717, 1.165) is 41.4 Å². The van der Waals surface area contributed by atoms with Crippen LogP contribution in [0, 0.1) is 0 Å². The Bertz CT molecular complexity index is 829. The second-order valence-corrected chi connectivity index (χ2v) is 6.02. The molecular weight excluding hydrogens is 432 g/mol. The third-order valence-corrected chi connectivity index (χ3v) is 4.09. The monoisotopic (exact) mass is 456 g/mol. The van der Waals surface area contributed by atoms with Crippen molar-refractivity contribution in [3.8, 4) is 11.5 Å². The molecule has 2 aromatic carbocycles. The Morgan fingerprint density at radius 1 is 0.931 bits per heavy atom. The highest BCUT2D eigenvalue weighted by Gasteiger charge is 2.02. The number of ether oxygens (including phenoxy) is 2. The number of hydrogen-bond donors (Lipinski definition) is 2. The van der Waals surface area contributed by atoms with Crippen molar-refractivity contribution in [3.05, 3.63) is 71.8 Å². The van der Waals surface area contributed by atoms with E-state index in [9.17, 15) is 0 Å². The molecule has 6 nitrogen and oxygen atoms in total. The van der Waals surface area contributed by atoms with Crippen LogP contribution in [0.15, 0.2) is 70.8 Å². The molecule has 0 unspecified atom stereocenters. The van der Waals surface area contributed by atoms with E-state index in [1.807, 2.05) is 72.8 Å². The average molecular weight is 457 g/mol. The van der Waals surface area contributed by atoms with Gasteiger partial charge in [0.25, 0.3) is 0 Å².